The molecule has 1 amide bonds. The molecular formula is C26H37BrN2O7Si. The van der Waals surface area contributed by atoms with Gasteiger partial charge in [-0.25, -0.2) is 9.59 Å². The van der Waals surface area contributed by atoms with E-state index >= 15 is 0 Å². The van der Waals surface area contributed by atoms with Crippen LogP contribution >= 0.6 is 15.9 Å². The number of likely N-dealkylation sites (tertiary alicyclic amines) is 1. The summed E-state index contributed by atoms with van der Waals surface area (Å²) in [6, 6.07) is 4.74. The molecule has 37 heavy (non-hydrogen) atoms. The first-order chi connectivity index (χ1) is 17.2. The number of rotatable bonds is 9. The van der Waals surface area contributed by atoms with Crippen LogP contribution in [0.2, 0.25) is 25.7 Å². The summed E-state index contributed by atoms with van der Waals surface area (Å²) in [7, 11) is 0.0970. The Labute approximate surface area is 227 Å². The van der Waals surface area contributed by atoms with Gasteiger partial charge in [0.2, 0.25) is 0 Å². The first-order valence-electron chi connectivity index (χ1n) is 12.3. The summed E-state index contributed by atoms with van der Waals surface area (Å²) in [5.41, 5.74) is 1.47. The van der Waals surface area contributed by atoms with Crippen LogP contribution in [0.5, 0.6) is 5.75 Å². The Morgan fingerprint density at radius 1 is 1.22 bits per heavy atom. The van der Waals surface area contributed by atoms with Crippen LogP contribution < -0.4 is 4.74 Å². The number of methoxy groups -OCH3 is 1. The zero-order valence-electron chi connectivity index (χ0n) is 22.9. The van der Waals surface area contributed by atoms with E-state index in [9.17, 15) is 9.59 Å². The third-order valence-electron chi connectivity index (χ3n) is 5.82. The molecule has 9 nitrogen and oxygen atoms in total. The Balaban J connectivity index is 1.85. The Kier molecular flexibility index (Phi) is 9.13. The van der Waals surface area contributed by atoms with Crippen molar-refractivity contribution in [3.8, 4) is 17.0 Å². The van der Waals surface area contributed by atoms with Gasteiger partial charge in [-0.1, -0.05) is 40.7 Å². The van der Waals surface area contributed by atoms with Crippen LogP contribution in [0.4, 0.5) is 4.79 Å². The molecular weight excluding hydrogens is 560 g/mol. The van der Waals surface area contributed by atoms with E-state index in [1.807, 2.05) is 39.8 Å². The Bertz CT molecular complexity index is 1130. The maximum atomic E-state index is 12.9. The summed E-state index contributed by atoms with van der Waals surface area (Å²) in [5.74, 6) is 0.0976. The van der Waals surface area contributed by atoms with Gasteiger partial charge in [0.15, 0.2) is 12.6 Å². The molecule has 0 saturated carbocycles. The van der Waals surface area contributed by atoms with E-state index in [-0.39, 0.29) is 18.3 Å². The van der Waals surface area contributed by atoms with Gasteiger partial charge in [0, 0.05) is 37.8 Å². The molecule has 1 aliphatic rings. The third-order valence-corrected chi connectivity index (χ3v) is 8.38. The average Bonchev–Trinajstić information content (AvgIpc) is 3.16. The number of esters is 1. The summed E-state index contributed by atoms with van der Waals surface area (Å²) < 4.78 is 28.7. The lowest BCUT2D eigenvalue weighted by Gasteiger charge is -2.38. The van der Waals surface area contributed by atoms with Crippen molar-refractivity contribution in [3.05, 3.63) is 33.5 Å². The SMILES string of the molecule is COC(=O)c1c(-c2cc(Br)c(C)cc2OCOCC[Si](C)(C)C)noc1C1CN(C(=O)OC(C)(C)C)C1. The number of aryl methyl sites for hydroxylation is 1. The van der Waals surface area contributed by atoms with E-state index in [0.29, 0.717) is 42.5 Å². The van der Waals surface area contributed by atoms with Crippen LogP contribution in [0, 0.1) is 6.92 Å². The first kappa shape index (κ1) is 29.2. The quantitative estimate of drug-likeness (QED) is 0.145. The average molecular weight is 598 g/mol. The lowest BCUT2D eigenvalue weighted by Crippen LogP contribution is -2.50. The van der Waals surface area contributed by atoms with E-state index in [0.717, 1.165) is 16.1 Å². The van der Waals surface area contributed by atoms with Gasteiger partial charge in [-0.2, -0.15) is 0 Å². The van der Waals surface area contributed by atoms with E-state index in [4.69, 9.17) is 23.5 Å². The second kappa shape index (κ2) is 11.6. The molecule has 0 bridgehead atoms. The summed E-state index contributed by atoms with van der Waals surface area (Å²) in [6.07, 6.45) is -0.407. The van der Waals surface area contributed by atoms with Gasteiger partial charge in [-0.05, 0) is 51.4 Å². The molecule has 1 aliphatic heterocycles. The fourth-order valence-corrected chi connectivity index (χ4v) is 4.79. The molecule has 1 fully saturated rings. The summed E-state index contributed by atoms with van der Waals surface area (Å²) in [6.45, 7) is 15.7. The van der Waals surface area contributed by atoms with Gasteiger partial charge in [0.05, 0.1) is 13.0 Å². The van der Waals surface area contributed by atoms with Crippen molar-refractivity contribution in [2.45, 2.75) is 64.9 Å². The van der Waals surface area contributed by atoms with Crippen molar-refractivity contribution in [2.24, 2.45) is 0 Å². The van der Waals surface area contributed by atoms with Gasteiger partial charge in [0.25, 0.3) is 0 Å². The number of nitrogens with zero attached hydrogens (tertiary/aromatic N) is 2. The smallest absolute Gasteiger partial charge is 0.410 e. The van der Waals surface area contributed by atoms with Crippen molar-refractivity contribution >= 4 is 36.1 Å². The van der Waals surface area contributed by atoms with Gasteiger partial charge in [-0.3, -0.25) is 0 Å². The van der Waals surface area contributed by atoms with Gasteiger partial charge in [-0.15, -0.1) is 0 Å². The third kappa shape index (κ3) is 7.58. The van der Waals surface area contributed by atoms with E-state index in [1.54, 1.807) is 4.90 Å². The van der Waals surface area contributed by atoms with Crippen LogP contribution in [0.3, 0.4) is 0 Å². The number of hydrogen-bond acceptors (Lipinski definition) is 8. The highest BCUT2D eigenvalue weighted by atomic mass is 79.9. The lowest BCUT2D eigenvalue weighted by molar-refractivity contribution is 0.00592. The molecule has 1 saturated heterocycles. The van der Waals surface area contributed by atoms with E-state index in [1.165, 1.54) is 7.11 Å². The van der Waals surface area contributed by atoms with E-state index in [2.05, 4.69) is 40.7 Å². The number of amides is 1. The molecule has 1 aromatic heterocycles. The summed E-state index contributed by atoms with van der Waals surface area (Å²) in [4.78, 5) is 26.8. The van der Waals surface area contributed by atoms with Crippen molar-refractivity contribution in [2.75, 3.05) is 33.6 Å². The number of benzene rings is 1. The van der Waals surface area contributed by atoms with Gasteiger partial charge >= 0.3 is 12.1 Å². The van der Waals surface area contributed by atoms with Gasteiger partial charge < -0.3 is 28.4 Å². The molecule has 3 rings (SSSR count). The Morgan fingerprint density at radius 2 is 1.89 bits per heavy atom. The highest BCUT2D eigenvalue weighted by Crippen LogP contribution is 2.40. The van der Waals surface area contributed by atoms with Crippen LogP contribution in [-0.2, 0) is 14.2 Å². The highest BCUT2D eigenvalue weighted by Gasteiger charge is 2.41. The minimum atomic E-state index is -1.21. The maximum Gasteiger partial charge on any atom is 0.410 e. The molecule has 0 N–H and O–H groups in total. The van der Waals surface area contributed by atoms with E-state index < -0.39 is 25.7 Å². The Morgan fingerprint density at radius 3 is 2.49 bits per heavy atom. The summed E-state index contributed by atoms with van der Waals surface area (Å²) in [5, 5.41) is 4.25. The second-order valence-corrected chi connectivity index (χ2v) is 17.9. The van der Waals surface area contributed by atoms with Crippen molar-refractivity contribution in [3.63, 3.8) is 0 Å². The molecule has 0 atom stereocenters. The minimum absolute atomic E-state index is 0.0737. The maximum absolute atomic E-state index is 12.9. The molecule has 0 spiro atoms. The molecule has 11 heteroatoms. The Hall–Kier alpha value is -2.37. The number of carbonyl (C=O) groups is 2. The highest BCUT2D eigenvalue weighted by molar-refractivity contribution is 9.10. The normalized spacial score (nSPS) is 14.4. The minimum Gasteiger partial charge on any atom is -0.467 e. The molecule has 204 valence electrons. The first-order valence-corrected chi connectivity index (χ1v) is 16.8. The number of hydrogen-bond donors (Lipinski definition) is 0. The number of carbonyl (C=O) groups excluding carboxylic acids is 2. The monoisotopic (exact) mass is 596 g/mol. The van der Waals surface area contributed by atoms with Crippen LogP contribution in [0.1, 0.15) is 48.4 Å². The van der Waals surface area contributed by atoms with Crippen LogP contribution in [0.25, 0.3) is 11.3 Å². The number of ether oxygens (including phenoxy) is 4. The fourth-order valence-electron chi connectivity index (χ4n) is 3.69. The molecule has 2 aromatic rings. The predicted molar refractivity (Wildman–Crippen MR) is 146 cm³/mol. The molecule has 0 aliphatic carbocycles. The van der Waals surface area contributed by atoms with Gasteiger partial charge in [0.1, 0.15) is 22.6 Å². The number of aromatic nitrogens is 1. The zero-order valence-corrected chi connectivity index (χ0v) is 25.5. The van der Waals surface area contributed by atoms with Crippen molar-refractivity contribution in [1.82, 2.24) is 10.1 Å². The number of halogens is 1. The lowest BCUT2D eigenvalue weighted by atomic mass is 9.92. The molecule has 0 radical (unpaired) electrons. The van der Waals surface area contributed by atoms with Crippen molar-refractivity contribution in [1.29, 1.82) is 0 Å². The van der Waals surface area contributed by atoms with Crippen LogP contribution in [-0.4, -0.2) is 69.4 Å². The largest absolute Gasteiger partial charge is 0.467 e. The predicted octanol–water partition coefficient (Wildman–Crippen LogP) is 6.22. The topological polar surface area (TPSA) is 100 Å². The standard InChI is InChI=1S/C26H37BrN2O7Si/c1-16-11-20(34-15-33-9-10-37(6,7)8)18(12-19(16)27)22-21(24(30)32-5)23(36-28-22)17-13-29(14-17)25(31)35-26(2,3)4/h11-12,17H,9-10,13-15H2,1-8H3. The summed E-state index contributed by atoms with van der Waals surface area (Å²) >= 11 is 3.56. The molecule has 2 heterocycles. The second-order valence-electron chi connectivity index (χ2n) is 11.4. The van der Waals surface area contributed by atoms with Crippen LogP contribution in [0.15, 0.2) is 21.1 Å². The zero-order chi connectivity index (χ0) is 27.5. The van der Waals surface area contributed by atoms with Crippen molar-refractivity contribution < 1.29 is 33.1 Å². The fraction of sp³-hybridized carbons (Fsp3) is 0.577. The molecule has 0 unspecified atom stereocenters. The molecule has 1 aromatic carbocycles.